The summed E-state index contributed by atoms with van der Waals surface area (Å²) in [6.07, 6.45) is 7.33. The van der Waals surface area contributed by atoms with Crippen LogP contribution in [0.1, 0.15) is 47.8 Å². The summed E-state index contributed by atoms with van der Waals surface area (Å²) in [6.45, 7) is 0.915. The normalized spacial score (nSPS) is 29.1. The summed E-state index contributed by atoms with van der Waals surface area (Å²) in [5, 5.41) is 3.11. The van der Waals surface area contributed by atoms with Crippen LogP contribution in [-0.2, 0) is 10.2 Å². The molecule has 1 aliphatic heterocycles. The second-order valence-corrected chi connectivity index (χ2v) is 9.95. The molecule has 1 aromatic rings. The number of nitrogens with zero attached hydrogens (tertiary/aromatic N) is 4. The van der Waals surface area contributed by atoms with Crippen LogP contribution in [0.3, 0.4) is 0 Å². The van der Waals surface area contributed by atoms with Gasteiger partial charge in [0.1, 0.15) is 5.82 Å². The highest BCUT2D eigenvalue weighted by molar-refractivity contribution is 7.86. The summed E-state index contributed by atoms with van der Waals surface area (Å²) in [5.74, 6) is 1.42. The maximum Gasteiger partial charge on any atom is 0.281 e. The molecule has 2 aliphatic carbocycles. The summed E-state index contributed by atoms with van der Waals surface area (Å²) in [4.78, 5) is 21.2. The van der Waals surface area contributed by atoms with Crippen LogP contribution in [0.15, 0.2) is 12.4 Å². The lowest BCUT2D eigenvalue weighted by atomic mass is 9.93. The zero-order chi connectivity index (χ0) is 18.5. The molecule has 2 bridgehead atoms. The highest BCUT2D eigenvalue weighted by atomic mass is 32.2. The van der Waals surface area contributed by atoms with Gasteiger partial charge in [0.2, 0.25) is 0 Å². The summed E-state index contributed by atoms with van der Waals surface area (Å²) in [7, 11) is -0.299. The van der Waals surface area contributed by atoms with Crippen molar-refractivity contribution in [3.63, 3.8) is 0 Å². The molecule has 8 nitrogen and oxygen atoms in total. The monoisotopic (exact) mass is 379 g/mol. The van der Waals surface area contributed by atoms with Gasteiger partial charge in [0.05, 0.1) is 5.56 Å². The second-order valence-electron chi connectivity index (χ2n) is 7.81. The maximum atomic E-state index is 12.6. The number of hydrogen-bond acceptors (Lipinski definition) is 5. The third-order valence-electron chi connectivity index (χ3n) is 5.76. The number of hydrogen-bond donors (Lipinski definition) is 1. The predicted octanol–water partition coefficient (Wildman–Crippen LogP) is 0.601. The Labute approximate surface area is 154 Å². The average molecular weight is 379 g/mol. The number of rotatable bonds is 5. The topological polar surface area (TPSA) is 95.5 Å². The van der Waals surface area contributed by atoms with Gasteiger partial charge < -0.3 is 5.32 Å². The zero-order valence-electron chi connectivity index (χ0n) is 15.1. The molecule has 2 unspecified atom stereocenters. The Balaban J connectivity index is 1.42. The molecule has 3 aliphatic rings. The Hall–Kier alpha value is -1.58. The van der Waals surface area contributed by atoms with E-state index in [2.05, 4.69) is 15.3 Å². The molecule has 0 spiro atoms. The fourth-order valence-electron chi connectivity index (χ4n) is 4.08. The smallest absolute Gasteiger partial charge is 0.281 e. The fourth-order valence-corrected chi connectivity index (χ4v) is 5.30. The van der Waals surface area contributed by atoms with E-state index >= 15 is 0 Å². The highest BCUT2D eigenvalue weighted by Gasteiger charge is 2.46. The molecule has 4 rings (SSSR count). The number of fused-ring (bicyclic) bond motifs is 2. The Bertz CT molecular complexity index is 777. The van der Waals surface area contributed by atoms with Crippen molar-refractivity contribution in [2.45, 2.75) is 37.6 Å². The molecule has 2 atom stereocenters. The van der Waals surface area contributed by atoms with Gasteiger partial charge in [-0.05, 0) is 37.5 Å². The maximum absolute atomic E-state index is 12.6. The number of piperidine rings is 1. The van der Waals surface area contributed by atoms with Crippen LogP contribution in [0.4, 0.5) is 0 Å². The lowest BCUT2D eigenvalue weighted by Gasteiger charge is -2.38. The van der Waals surface area contributed by atoms with Crippen LogP contribution in [0.5, 0.6) is 0 Å². The minimum absolute atomic E-state index is 0.0132. The summed E-state index contributed by atoms with van der Waals surface area (Å²) >= 11 is 0. The summed E-state index contributed by atoms with van der Waals surface area (Å²) in [6, 6.07) is 0.0132. The molecule has 2 saturated carbocycles. The van der Waals surface area contributed by atoms with E-state index in [9.17, 15) is 13.2 Å². The van der Waals surface area contributed by atoms with E-state index in [0.717, 1.165) is 31.5 Å². The Morgan fingerprint density at radius 2 is 1.69 bits per heavy atom. The molecule has 1 N–H and O–H groups in total. The van der Waals surface area contributed by atoms with E-state index in [4.69, 9.17) is 0 Å². The third-order valence-corrected chi connectivity index (χ3v) is 7.64. The first-order valence-electron chi connectivity index (χ1n) is 9.16. The van der Waals surface area contributed by atoms with Crippen molar-refractivity contribution in [2.24, 2.45) is 11.8 Å². The number of aromatic nitrogens is 2. The first-order chi connectivity index (χ1) is 12.4. The Morgan fingerprint density at radius 3 is 2.19 bits per heavy atom. The molecule has 1 amide bonds. The molecule has 1 saturated heterocycles. The predicted molar refractivity (Wildman–Crippen MR) is 95.7 cm³/mol. The van der Waals surface area contributed by atoms with Crippen molar-refractivity contribution in [3.8, 4) is 0 Å². The lowest BCUT2D eigenvalue weighted by Crippen LogP contribution is -2.55. The summed E-state index contributed by atoms with van der Waals surface area (Å²) < 4.78 is 27.6. The van der Waals surface area contributed by atoms with Crippen molar-refractivity contribution >= 4 is 16.1 Å². The SMILES string of the molecule is CN(C)S(=O)(=O)N1CC2CCC(C1)C2NC(=O)c1cnc(C2CC2)nc1. The minimum atomic E-state index is -3.40. The van der Waals surface area contributed by atoms with Crippen LogP contribution < -0.4 is 5.32 Å². The lowest BCUT2D eigenvalue weighted by molar-refractivity contribution is 0.0885. The number of carbonyl (C=O) groups is 1. The van der Waals surface area contributed by atoms with Crippen molar-refractivity contribution in [3.05, 3.63) is 23.8 Å². The Morgan fingerprint density at radius 1 is 1.12 bits per heavy atom. The molecular weight excluding hydrogens is 354 g/mol. The van der Waals surface area contributed by atoms with E-state index in [-0.39, 0.29) is 23.8 Å². The number of nitrogens with one attached hydrogen (secondary N) is 1. The quantitative estimate of drug-likeness (QED) is 0.808. The van der Waals surface area contributed by atoms with Crippen molar-refractivity contribution in [1.29, 1.82) is 0 Å². The number of carbonyl (C=O) groups excluding carboxylic acids is 1. The van der Waals surface area contributed by atoms with Gasteiger partial charge in [-0.15, -0.1) is 0 Å². The van der Waals surface area contributed by atoms with Gasteiger partial charge in [0.15, 0.2) is 0 Å². The number of amides is 1. The van der Waals surface area contributed by atoms with Gasteiger partial charge in [-0.3, -0.25) is 4.79 Å². The van der Waals surface area contributed by atoms with Gasteiger partial charge in [0, 0.05) is 51.5 Å². The molecular formula is C17H25N5O3S. The molecule has 2 heterocycles. The van der Waals surface area contributed by atoms with Crippen molar-refractivity contribution in [2.75, 3.05) is 27.2 Å². The van der Waals surface area contributed by atoms with Gasteiger partial charge in [0.25, 0.3) is 16.1 Å². The van der Waals surface area contributed by atoms with Crippen molar-refractivity contribution in [1.82, 2.24) is 23.9 Å². The zero-order valence-corrected chi connectivity index (χ0v) is 15.9. The fraction of sp³-hybridized carbons (Fsp3) is 0.706. The molecule has 142 valence electrons. The minimum Gasteiger partial charge on any atom is -0.349 e. The third kappa shape index (κ3) is 3.23. The van der Waals surface area contributed by atoms with Gasteiger partial charge in [-0.2, -0.15) is 17.0 Å². The molecule has 26 heavy (non-hydrogen) atoms. The van der Waals surface area contributed by atoms with Crippen LogP contribution in [0.25, 0.3) is 0 Å². The van der Waals surface area contributed by atoms with Crippen LogP contribution >= 0.6 is 0 Å². The van der Waals surface area contributed by atoms with Gasteiger partial charge in [-0.1, -0.05) is 0 Å². The molecule has 9 heteroatoms. The molecule has 0 aromatic carbocycles. The van der Waals surface area contributed by atoms with Gasteiger partial charge >= 0.3 is 0 Å². The molecule has 0 radical (unpaired) electrons. The largest absolute Gasteiger partial charge is 0.349 e. The van der Waals surface area contributed by atoms with E-state index in [1.807, 2.05) is 0 Å². The Kier molecular flexibility index (Phi) is 4.48. The van der Waals surface area contributed by atoms with Gasteiger partial charge in [-0.25, -0.2) is 9.97 Å². The first kappa shape index (κ1) is 17.8. The van der Waals surface area contributed by atoms with Crippen molar-refractivity contribution < 1.29 is 13.2 Å². The standard InChI is InChI=1S/C17H25N5O3S/c1-21(2)26(24,25)22-9-12-5-6-13(10-22)15(12)20-17(23)14-7-18-16(19-8-14)11-3-4-11/h7-8,11-13,15H,3-6,9-10H2,1-2H3,(H,20,23). The molecule has 3 fully saturated rings. The molecule has 1 aromatic heterocycles. The van der Waals surface area contributed by atoms with Crippen LogP contribution in [0, 0.1) is 11.8 Å². The second kappa shape index (κ2) is 6.54. The van der Waals surface area contributed by atoms with E-state index in [1.54, 1.807) is 30.8 Å². The van der Waals surface area contributed by atoms with E-state index < -0.39 is 10.2 Å². The first-order valence-corrected chi connectivity index (χ1v) is 10.6. The average Bonchev–Trinajstić information content (AvgIpc) is 3.43. The highest BCUT2D eigenvalue weighted by Crippen LogP contribution is 2.39. The van der Waals surface area contributed by atoms with E-state index in [1.165, 1.54) is 4.31 Å². The van der Waals surface area contributed by atoms with E-state index in [0.29, 0.717) is 24.6 Å². The summed E-state index contributed by atoms with van der Waals surface area (Å²) in [5.41, 5.74) is 0.470. The van der Waals surface area contributed by atoms with Crippen LogP contribution in [0.2, 0.25) is 0 Å². The van der Waals surface area contributed by atoms with Crippen LogP contribution in [-0.4, -0.2) is 66.1 Å².